The van der Waals surface area contributed by atoms with Crippen molar-refractivity contribution in [3.8, 4) is 0 Å². The summed E-state index contributed by atoms with van der Waals surface area (Å²) in [6.45, 7) is 3.21. The third-order valence-electron chi connectivity index (χ3n) is 4.33. The fourth-order valence-electron chi connectivity index (χ4n) is 2.76. The molecule has 32 heavy (non-hydrogen) atoms. The summed E-state index contributed by atoms with van der Waals surface area (Å²) in [7, 11) is 0. The molecule has 0 saturated carbocycles. The van der Waals surface area contributed by atoms with Crippen molar-refractivity contribution in [3.63, 3.8) is 0 Å². The molecule has 166 valence electrons. The van der Waals surface area contributed by atoms with Crippen LogP contribution in [0.25, 0.3) is 0 Å². The molecule has 0 atom stereocenters. The molecule has 9 nitrogen and oxygen atoms in total. The molecule has 0 spiro atoms. The molecule has 0 aliphatic heterocycles. The minimum absolute atomic E-state index is 0.0436. The standard InChI is InChI=1S/C21H19F2N5O4/c1-3-32-21(31)13-5-4-6-14(9-13)24-18(29)11-28-12(2)19(26-27-28)20(30)25-15-7-8-16(22)17(23)10-15/h4-10H,3,11H2,1-2H3,(H,24,29)(H,25,30). The van der Waals surface area contributed by atoms with Crippen molar-refractivity contribution in [1.82, 2.24) is 15.0 Å². The fourth-order valence-corrected chi connectivity index (χ4v) is 2.76. The zero-order valence-electron chi connectivity index (χ0n) is 17.2. The average Bonchev–Trinajstić information content (AvgIpc) is 3.11. The van der Waals surface area contributed by atoms with Gasteiger partial charge in [-0.3, -0.25) is 9.59 Å². The van der Waals surface area contributed by atoms with E-state index in [-0.39, 0.29) is 30.1 Å². The highest BCUT2D eigenvalue weighted by Gasteiger charge is 2.19. The second kappa shape index (κ2) is 9.77. The molecule has 0 fully saturated rings. The molecule has 0 saturated heterocycles. The largest absolute Gasteiger partial charge is 0.462 e. The second-order valence-corrected chi connectivity index (χ2v) is 6.61. The maximum absolute atomic E-state index is 13.3. The number of esters is 1. The van der Waals surface area contributed by atoms with Gasteiger partial charge < -0.3 is 15.4 Å². The van der Waals surface area contributed by atoms with E-state index in [1.54, 1.807) is 25.1 Å². The van der Waals surface area contributed by atoms with Gasteiger partial charge in [0.2, 0.25) is 5.91 Å². The summed E-state index contributed by atoms with van der Waals surface area (Å²) in [6.07, 6.45) is 0. The lowest BCUT2D eigenvalue weighted by Gasteiger charge is -2.08. The number of amides is 2. The first-order valence-corrected chi connectivity index (χ1v) is 9.52. The van der Waals surface area contributed by atoms with Crippen LogP contribution in [0.3, 0.4) is 0 Å². The Morgan fingerprint density at radius 1 is 1.03 bits per heavy atom. The fraction of sp³-hybridized carbons (Fsp3) is 0.190. The van der Waals surface area contributed by atoms with Crippen molar-refractivity contribution in [2.45, 2.75) is 20.4 Å². The van der Waals surface area contributed by atoms with Gasteiger partial charge in [-0.25, -0.2) is 18.3 Å². The number of nitrogens with zero attached hydrogens (tertiary/aromatic N) is 3. The van der Waals surface area contributed by atoms with E-state index in [0.29, 0.717) is 11.4 Å². The Morgan fingerprint density at radius 2 is 1.78 bits per heavy atom. The highest BCUT2D eigenvalue weighted by molar-refractivity contribution is 6.03. The van der Waals surface area contributed by atoms with Crippen molar-refractivity contribution in [3.05, 3.63) is 71.1 Å². The molecule has 11 heteroatoms. The predicted octanol–water partition coefficient (Wildman–Crippen LogP) is 2.93. The molecular formula is C21H19F2N5O4. The summed E-state index contributed by atoms with van der Waals surface area (Å²) >= 11 is 0. The van der Waals surface area contributed by atoms with E-state index in [0.717, 1.165) is 12.1 Å². The van der Waals surface area contributed by atoms with Crippen LogP contribution in [0.15, 0.2) is 42.5 Å². The van der Waals surface area contributed by atoms with Crippen LogP contribution < -0.4 is 10.6 Å². The number of rotatable bonds is 7. The van der Waals surface area contributed by atoms with Crippen molar-refractivity contribution < 1.29 is 27.9 Å². The van der Waals surface area contributed by atoms with Gasteiger partial charge in [0.05, 0.1) is 17.9 Å². The lowest BCUT2D eigenvalue weighted by Crippen LogP contribution is -2.21. The molecule has 2 aromatic carbocycles. The van der Waals surface area contributed by atoms with E-state index in [1.807, 2.05) is 0 Å². The monoisotopic (exact) mass is 443 g/mol. The number of hydrogen-bond donors (Lipinski definition) is 2. The third kappa shape index (κ3) is 5.31. The topological polar surface area (TPSA) is 115 Å². The lowest BCUT2D eigenvalue weighted by atomic mass is 10.2. The van der Waals surface area contributed by atoms with Crippen LogP contribution in [0.5, 0.6) is 0 Å². The number of hydrogen-bond acceptors (Lipinski definition) is 6. The summed E-state index contributed by atoms with van der Waals surface area (Å²) in [5.41, 5.74) is 0.932. The molecule has 0 aliphatic rings. The Morgan fingerprint density at radius 3 is 2.50 bits per heavy atom. The summed E-state index contributed by atoms with van der Waals surface area (Å²) < 4.78 is 32.5. The first-order chi connectivity index (χ1) is 15.3. The van der Waals surface area contributed by atoms with E-state index in [1.165, 1.54) is 23.7 Å². The van der Waals surface area contributed by atoms with Crippen LogP contribution in [0, 0.1) is 18.6 Å². The zero-order chi connectivity index (χ0) is 23.3. The number of benzene rings is 2. The summed E-state index contributed by atoms with van der Waals surface area (Å²) in [5.74, 6) is -3.81. The molecule has 0 aliphatic carbocycles. The van der Waals surface area contributed by atoms with E-state index in [4.69, 9.17) is 4.74 Å². The van der Waals surface area contributed by atoms with Crippen molar-refractivity contribution in [2.75, 3.05) is 17.2 Å². The summed E-state index contributed by atoms with van der Waals surface area (Å²) in [4.78, 5) is 36.6. The molecule has 2 amide bonds. The molecule has 1 heterocycles. The molecule has 0 unspecified atom stereocenters. The molecule has 0 bridgehead atoms. The highest BCUT2D eigenvalue weighted by Crippen LogP contribution is 2.15. The number of carbonyl (C=O) groups is 3. The number of nitrogens with one attached hydrogen (secondary N) is 2. The Hall–Kier alpha value is -4.15. The Kier molecular flexibility index (Phi) is 6.88. The molecule has 2 N–H and O–H groups in total. The van der Waals surface area contributed by atoms with Gasteiger partial charge in [-0.15, -0.1) is 5.10 Å². The smallest absolute Gasteiger partial charge is 0.338 e. The van der Waals surface area contributed by atoms with E-state index >= 15 is 0 Å². The van der Waals surface area contributed by atoms with Crippen LogP contribution in [0.4, 0.5) is 20.2 Å². The van der Waals surface area contributed by atoms with Gasteiger partial charge >= 0.3 is 5.97 Å². The maximum Gasteiger partial charge on any atom is 0.338 e. The Bertz CT molecular complexity index is 1180. The number of carbonyl (C=O) groups excluding carboxylic acids is 3. The van der Waals surface area contributed by atoms with E-state index in [2.05, 4.69) is 20.9 Å². The highest BCUT2D eigenvalue weighted by atomic mass is 19.2. The number of halogens is 2. The Labute approximate surface area is 181 Å². The van der Waals surface area contributed by atoms with Crippen LogP contribution in [0.1, 0.15) is 33.5 Å². The average molecular weight is 443 g/mol. The molecular weight excluding hydrogens is 424 g/mol. The van der Waals surface area contributed by atoms with Crippen molar-refractivity contribution in [1.29, 1.82) is 0 Å². The van der Waals surface area contributed by atoms with E-state index < -0.39 is 29.4 Å². The van der Waals surface area contributed by atoms with Crippen molar-refractivity contribution in [2.24, 2.45) is 0 Å². The van der Waals surface area contributed by atoms with Crippen LogP contribution >= 0.6 is 0 Å². The van der Waals surface area contributed by atoms with E-state index in [9.17, 15) is 23.2 Å². The summed E-state index contributed by atoms with van der Waals surface area (Å²) in [5, 5.41) is 12.6. The SMILES string of the molecule is CCOC(=O)c1cccc(NC(=O)Cn2nnc(C(=O)Nc3ccc(F)c(F)c3)c2C)c1. The van der Waals surface area contributed by atoms with Crippen LogP contribution in [0.2, 0.25) is 0 Å². The minimum Gasteiger partial charge on any atom is -0.462 e. The number of aromatic nitrogens is 3. The van der Waals surface area contributed by atoms with Gasteiger partial charge in [-0.05, 0) is 44.2 Å². The number of ether oxygens (including phenoxy) is 1. The van der Waals surface area contributed by atoms with Crippen LogP contribution in [-0.4, -0.2) is 39.4 Å². The molecule has 0 radical (unpaired) electrons. The normalized spacial score (nSPS) is 10.5. The summed E-state index contributed by atoms with van der Waals surface area (Å²) in [6, 6.07) is 9.17. The van der Waals surface area contributed by atoms with Crippen LogP contribution in [-0.2, 0) is 16.1 Å². The number of anilines is 2. The lowest BCUT2D eigenvalue weighted by molar-refractivity contribution is -0.117. The Balaban J connectivity index is 1.65. The van der Waals surface area contributed by atoms with Gasteiger partial charge in [-0.1, -0.05) is 11.3 Å². The second-order valence-electron chi connectivity index (χ2n) is 6.61. The molecule has 3 rings (SSSR count). The quantitative estimate of drug-likeness (QED) is 0.543. The van der Waals surface area contributed by atoms with Crippen molar-refractivity contribution >= 4 is 29.2 Å². The zero-order valence-corrected chi connectivity index (χ0v) is 17.2. The first-order valence-electron chi connectivity index (χ1n) is 9.52. The predicted molar refractivity (Wildman–Crippen MR) is 110 cm³/mol. The first kappa shape index (κ1) is 22.5. The molecule has 3 aromatic rings. The van der Waals surface area contributed by atoms with Gasteiger partial charge in [0.25, 0.3) is 5.91 Å². The van der Waals surface area contributed by atoms with Gasteiger partial charge in [0.15, 0.2) is 17.3 Å². The van der Waals surface area contributed by atoms with Gasteiger partial charge in [-0.2, -0.15) is 0 Å². The maximum atomic E-state index is 13.3. The van der Waals surface area contributed by atoms with Gasteiger partial charge in [0, 0.05) is 17.4 Å². The third-order valence-corrected chi connectivity index (χ3v) is 4.33. The minimum atomic E-state index is -1.10. The molecule has 1 aromatic heterocycles. The van der Waals surface area contributed by atoms with Gasteiger partial charge in [0.1, 0.15) is 6.54 Å².